The molecule has 4 heteroatoms. The Hall–Kier alpha value is -1.13. The zero-order valence-corrected chi connectivity index (χ0v) is 11.6. The van der Waals surface area contributed by atoms with E-state index in [1.54, 1.807) is 0 Å². The lowest BCUT2D eigenvalue weighted by molar-refractivity contribution is 0.586. The molecule has 2 rings (SSSR count). The lowest BCUT2D eigenvalue weighted by atomic mass is 10.2. The van der Waals surface area contributed by atoms with E-state index in [0.717, 1.165) is 16.7 Å². The smallest absolute Gasteiger partial charge is 0.0645 e. The van der Waals surface area contributed by atoms with Crippen LogP contribution in [0.4, 0.5) is 0 Å². The lowest BCUT2D eigenvalue weighted by Gasteiger charge is -2.14. The summed E-state index contributed by atoms with van der Waals surface area (Å²) < 4.78 is 3.23. The summed E-state index contributed by atoms with van der Waals surface area (Å²) in [6.45, 7) is 2.96. The SMILES string of the molecule is CNC(C)c1cccn1Cc1ccc(Br)cn1. The molecule has 2 aromatic heterocycles. The maximum atomic E-state index is 4.39. The number of hydrogen-bond acceptors (Lipinski definition) is 2. The van der Waals surface area contributed by atoms with E-state index in [4.69, 9.17) is 0 Å². The Kier molecular flexibility index (Phi) is 3.97. The molecule has 0 bridgehead atoms. The third-order valence-electron chi connectivity index (χ3n) is 2.86. The molecular weight excluding hydrogens is 278 g/mol. The molecule has 0 amide bonds. The predicted octanol–water partition coefficient (Wildman–Crippen LogP) is 2.97. The van der Waals surface area contributed by atoms with Crippen LogP contribution in [0.3, 0.4) is 0 Å². The van der Waals surface area contributed by atoms with Gasteiger partial charge in [0.25, 0.3) is 0 Å². The molecule has 2 heterocycles. The first kappa shape index (κ1) is 12.3. The van der Waals surface area contributed by atoms with Crippen molar-refractivity contribution in [2.75, 3.05) is 7.05 Å². The van der Waals surface area contributed by atoms with E-state index in [9.17, 15) is 0 Å². The van der Waals surface area contributed by atoms with Gasteiger partial charge in [-0.25, -0.2) is 0 Å². The van der Waals surface area contributed by atoms with Crippen molar-refractivity contribution in [3.05, 3.63) is 52.5 Å². The maximum absolute atomic E-state index is 4.39. The summed E-state index contributed by atoms with van der Waals surface area (Å²) in [5.41, 5.74) is 2.34. The van der Waals surface area contributed by atoms with Gasteiger partial charge < -0.3 is 9.88 Å². The molecule has 0 fully saturated rings. The maximum Gasteiger partial charge on any atom is 0.0645 e. The van der Waals surface area contributed by atoms with Gasteiger partial charge in [-0.05, 0) is 54.2 Å². The van der Waals surface area contributed by atoms with Gasteiger partial charge in [0.15, 0.2) is 0 Å². The second-order valence-corrected chi connectivity index (χ2v) is 4.95. The molecule has 0 saturated carbocycles. The highest BCUT2D eigenvalue weighted by molar-refractivity contribution is 9.10. The molecule has 1 atom stereocenters. The van der Waals surface area contributed by atoms with Gasteiger partial charge in [-0.1, -0.05) is 0 Å². The minimum absolute atomic E-state index is 0.348. The Morgan fingerprint density at radius 1 is 1.41 bits per heavy atom. The molecule has 17 heavy (non-hydrogen) atoms. The van der Waals surface area contributed by atoms with Crippen LogP contribution in [0.25, 0.3) is 0 Å². The molecule has 1 N–H and O–H groups in total. The van der Waals surface area contributed by atoms with Gasteiger partial charge >= 0.3 is 0 Å². The summed E-state index contributed by atoms with van der Waals surface area (Å²) in [5.74, 6) is 0. The zero-order valence-electron chi connectivity index (χ0n) is 10.0. The second-order valence-electron chi connectivity index (χ2n) is 4.04. The van der Waals surface area contributed by atoms with Gasteiger partial charge in [0.2, 0.25) is 0 Å². The summed E-state index contributed by atoms with van der Waals surface area (Å²) in [7, 11) is 1.97. The van der Waals surface area contributed by atoms with Crippen molar-refractivity contribution >= 4 is 15.9 Å². The first-order valence-corrected chi connectivity index (χ1v) is 6.42. The summed E-state index contributed by atoms with van der Waals surface area (Å²) in [6, 6.07) is 8.62. The average molecular weight is 294 g/mol. The van der Waals surface area contributed by atoms with E-state index in [2.05, 4.69) is 56.1 Å². The summed E-state index contributed by atoms with van der Waals surface area (Å²) in [5, 5.41) is 3.25. The second kappa shape index (κ2) is 5.47. The van der Waals surface area contributed by atoms with Crippen molar-refractivity contribution in [1.29, 1.82) is 0 Å². The highest BCUT2D eigenvalue weighted by Crippen LogP contribution is 2.15. The minimum atomic E-state index is 0.348. The molecular formula is C13H16BrN3. The van der Waals surface area contributed by atoms with Crippen LogP contribution in [0, 0.1) is 0 Å². The molecule has 0 aromatic carbocycles. The first-order chi connectivity index (χ1) is 8.20. The van der Waals surface area contributed by atoms with Crippen LogP contribution in [0.5, 0.6) is 0 Å². The normalized spacial score (nSPS) is 12.6. The summed E-state index contributed by atoms with van der Waals surface area (Å²) in [4.78, 5) is 4.39. The van der Waals surface area contributed by atoms with E-state index in [0.29, 0.717) is 6.04 Å². The fourth-order valence-corrected chi connectivity index (χ4v) is 2.02. The number of hydrogen-bond donors (Lipinski definition) is 1. The van der Waals surface area contributed by atoms with Crippen molar-refractivity contribution < 1.29 is 0 Å². The molecule has 0 aliphatic carbocycles. The predicted molar refractivity (Wildman–Crippen MR) is 72.9 cm³/mol. The fourth-order valence-electron chi connectivity index (χ4n) is 1.79. The van der Waals surface area contributed by atoms with Crippen molar-refractivity contribution in [1.82, 2.24) is 14.9 Å². The van der Waals surface area contributed by atoms with Gasteiger partial charge in [-0.3, -0.25) is 4.98 Å². The van der Waals surface area contributed by atoms with Crippen molar-refractivity contribution in [2.45, 2.75) is 19.5 Å². The fraction of sp³-hybridized carbons (Fsp3) is 0.308. The zero-order chi connectivity index (χ0) is 12.3. The van der Waals surface area contributed by atoms with Gasteiger partial charge in [0.1, 0.15) is 0 Å². The Morgan fingerprint density at radius 2 is 2.24 bits per heavy atom. The molecule has 2 aromatic rings. The highest BCUT2D eigenvalue weighted by atomic mass is 79.9. The summed E-state index contributed by atoms with van der Waals surface area (Å²) in [6.07, 6.45) is 3.92. The van der Waals surface area contributed by atoms with Crippen molar-refractivity contribution in [3.8, 4) is 0 Å². The molecule has 3 nitrogen and oxygen atoms in total. The molecule has 0 spiro atoms. The Bertz CT molecular complexity index is 476. The molecule has 1 unspecified atom stereocenters. The van der Waals surface area contributed by atoms with Gasteiger partial charge in [-0.15, -0.1) is 0 Å². The number of aromatic nitrogens is 2. The molecule has 0 radical (unpaired) electrons. The lowest BCUT2D eigenvalue weighted by Crippen LogP contribution is -2.17. The van der Waals surface area contributed by atoms with Crippen LogP contribution in [-0.2, 0) is 6.54 Å². The van der Waals surface area contributed by atoms with Gasteiger partial charge in [0, 0.05) is 28.6 Å². The Morgan fingerprint density at radius 3 is 2.88 bits per heavy atom. The van der Waals surface area contributed by atoms with Gasteiger partial charge in [0.05, 0.1) is 12.2 Å². The molecule has 0 aliphatic rings. The topological polar surface area (TPSA) is 29.9 Å². The Labute approximate surface area is 110 Å². The molecule has 90 valence electrons. The minimum Gasteiger partial charge on any atom is -0.344 e. The van der Waals surface area contributed by atoms with Crippen LogP contribution < -0.4 is 5.32 Å². The number of nitrogens with one attached hydrogen (secondary N) is 1. The van der Waals surface area contributed by atoms with Crippen LogP contribution >= 0.6 is 15.9 Å². The van der Waals surface area contributed by atoms with Gasteiger partial charge in [-0.2, -0.15) is 0 Å². The van der Waals surface area contributed by atoms with E-state index < -0.39 is 0 Å². The third-order valence-corrected chi connectivity index (χ3v) is 3.33. The molecule has 0 aliphatic heterocycles. The quantitative estimate of drug-likeness (QED) is 0.939. The number of nitrogens with zero attached hydrogens (tertiary/aromatic N) is 2. The highest BCUT2D eigenvalue weighted by Gasteiger charge is 2.08. The standard InChI is InChI=1S/C13H16BrN3/c1-10(15-2)13-4-3-7-17(13)9-12-6-5-11(14)8-16-12/h3-8,10,15H,9H2,1-2H3. The van der Waals surface area contributed by atoms with E-state index in [1.807, 2.05) is 25.4 Å². The Balaban J connectivity index is 2.18. The van der Waals surface area contributed by atoms with Crippen LogP contribution in [-0.4, -0.2) is 16.6 Å². The van der Waals surface area contributed by atoms with Crippen LogP contribution in [0.15, 0.2) is 41.1 Å². The van der Waals surface area contributed by atoms with Crippen molar-refractivity contribution in [2.24, 2.45) is 0 Å². The van der Waals surface area contributed by atoms with Crippen LogP contribution in [0.2, 0.25) is 0 Å². The monoisotopic (exact) mass is 293 g/mol. The number of halogens is 1. The van der Waals surface area contributed by atoms with Crippen LogP contribution in [0.1, 0.15) is 24.4 Å². The third kappa shape index (κ3) is 2.96. The number of rotatable bonds is 4. The van der Waals surface area contributed by atoms with E-state index >= 15 is 0 Å². The largest absolute Gasteiger partial charge is 0.344 e. The first-order valence-electron chi connectivity index (χ1n) is 5.63. The average Bonchev–Trinajstić information content (AvgIpc) is 2.79. The van der Waals surface area contributed by atoms with Crippen molar-refractivity contribution in [3.63, 3.8) is 0 Å². The summed E-state index contributed by atoms with van der Waals surface area (Å²) >= 11 is 3.39. The van der Waals surface area contributed by atoms with E-state index in [1.165, 1.54) is 5.69 Å². The van der Waals surface area contributed by atoms with E-state index in [-0.39, 0.29) is 0 Å². The molecule has 0 saturated heterocycles. The number of pyridine rings is 1.